The molecular formula is C27H25FN6O. The van der Waals surface area contributed by atoms with Crippen LogP contribution in [0, 0.1) is 18.7 Å². The summed E-state index contributed by atoms with van der Waals surface area (Å²) in [4.78, 5) is 26.3. The van der Waals surface area contributed by atoms with E-state index in [9.17, 15) is 9.18 Å². The van der Waals surface area contributed by atoms with Crippen LogP contribution in [0.2, 0.25) is 0 Å². The third-order valence-corrected chi connectivity index (χ3v) is 6.01. The highest BCUT2D eigenvalue weighted by atomic mass is 19.1. The van der Waals surface area contributed by atoms with Crippen LogP contribution in [0.1, 0.15) is 28.4 Å². The second kappa shape index (κ2) is 9.13. The van der Waals surface area contributed by atoms with Gasteiger partial charge in [-0.05, 0) is 60.4 Å². The fraction of sp³-hybridized carbons (Fsp3) is 0.185. The molecular weight excluding hydrogens is 443 g/mol. The molecule has 0 fully saturated rings. The largest absolute Gasteiger partial charge is 0.383 e. The van der Waals surface area contributed by atoms with Crippen molar-refractivity contribution >= 4 is 17.8 Å². The number of benzene rings is 2. The van der Waals surface area contributed by atoms with E-state index in [2.05, 4.69) is 23.3 Å². The number of carbonyl (C=O) groups is 1. The molecule has 0 bridgehead atoms. The van der Waals surface area contributed by atoms with E-state index in [1.54, 1.807) is 25.3 Å². The smallest absolute Gasteiger partial charge is 0.251 e. The van der Waals surface area contributed by atoms with E-state index in [-0.39, 0.29) is 5.91 Å². The zero-order valence-electron chi connectivity index (χ0n) is 19.5. The van der Waals surface area contributed by atoms with E-state index in [1.165, 1.54) is 6.07 Å². The van der Waals surface area contributed by atoms with E-state index >= 15 is 0 Å². The molecule has 0 spiro atoms. The third kappa shape index (κ3) is 4.42. The topological polar surface area (TPSA) is 98.2 Å². The molecule has 0 saturated carbocycles. The standard InChI is InChI=1S/C27H25FN6O/c1-16-12-23-26(31-14-16)34(25(33-23)21-4-3-11-30-24(21)29)20-9-6-18(7-10-20)15-32-27(35)19-8-5-17(2)22(28)13-19/h3-13,16H,14-15H2,1-2H3,(H2,29,30)(H,32,35). The number of pyridine rings is 1. The number of carbonyl (C=O) groups excluding carboxylic acids is 1. The number of nitrogens with zero attached hydrogens (tertiary/aromatic N) is 4. The summed E-state index contributed by atoms with van der Waals surface area (Å²) < 4.78 is 15.8. The van der Waals surface area contributed by atoms with Crippen molar-refractivity contribution in [2.24, 2.45) is 10.9 Å². The normalized spacial score (nSPS) is 14.5. The molecule has 0 aliphatic carbocycles. The highest BCUT2D eigenvalue weighted by molar-refractivity contribution is 5.94. The Morgan fingerprint density at radius 2 is 2.00 bits per heavy atom. The van der Waals surface area contributed by atoms with Crippen molar-refractivity contribution in [1.82, 2.24) is 19.9 Å². The molecule has 1 unspecified atom stereocenters. The number of imidazole rings is 1. The molecule has 0 radical (unpaired) electrons. The van der Waals surface area contributed by atoms with Gasteiger partial charge in [-0.3, -0.25) is 14.4 Å². The molecule has 176 valence electrons. The van der Waals surface area contributed by atoms with Crippen LogP contribution in [0.25, 0.3) is 23.2 Å². The second-order valence-electron chi connectivity index (χ2n) is 8.71. The molecule has 3 heterocycles. The van der Waals surface area contributed by atoms with Gasteiger partial charge in [0.1, 0.15) is 17.0 Å². The number of nitrogen functional groups attached to an aromatic ring is 1. The molecule has 8 heteroatoms. The quantitative estimate of drug-likeness (QED) is 0.471. The zero-order valence-corrected chi connectivity index (χ0v) is 19.5. The van der Waals surface area contributed by atoms with Crippen molar-refractivity contribution < 1.29 is 9.18 Å². The fourth-order valence-corrected chi connectivity index (χ4v) is 4.06. The number of nitrogens with one attached hydrogen (secondary N) is 1. The van der Waals surface area contributed by atoms with Crippen molar-refractivity contribution in [3.8, 4) is 17.1 Å². The number of hydrogen-bond donors (Lipinski definition) is 2. The molecule has 35 heavy (non-hydrogen) atoms. The number of hydrogen-bond acceptors (Lipinski definition) is 5. The van der Waals surface area contributed by atoms with Gasteiger partial charge in [-0.25, -0.2) is 14.4 Å². The molecule has 1 aliphatic heterocycles. The Bertz CT molecular complexity index is 1540. The Hall–Kier alpha value is -4.33. The van der Waals surface area contributed by atoms with Gasteiger partial charge in [0.2, 0.25) is 0 Å². The number of anilines is 1. The number of aryl methyl sites for hydroxylation is 1. The van der Waals surface area contributed by atoms with Crippen LogP contribution in [-0.2, 0) is 6.54 Å². The number of aromatic nitrogens is 3. The minimum absolute atomic E-state index is 0.292. The summed E-state index contributed by atoms with van der Waals surface area (Å²) in [6, 6.07) is 16.0. The lowest BCUT2D eigenvalue weighted by atomic mass is 10.1. The van der Waals surface area contributed by atoms with Crippen LogP contribution in [0.15, 0.2) is 65.8 Å². The van der Waals surface area contributed by atoms with Crippen LogP contribution in [0.3, 0.4) is 0 Å². The van der Waals surface area contributed by atoms with Crippen molar-refractivity contribution in [3.05, 3.63) is 94.1 Å². The molecule has 1 amide bonds. The van der Waals surface area contributed by atoms with Crippen LogP contribution in [0.5, 0.6) is 0 Å². The molecule has 3 N–H and O–H groups in total. The Labute approximate surface area is 201 Å². The number of nitrogens with two attached hydrogens (primary N) is 1. The number of fused-ring (bicyclic) bond motifs is 1. The molecule has 1 atom stereocenters. The van der Waals surface area contributed by atoms with E-state index in [1.807, 2.05) is 41.0 Å². The Balaban J connectivity index is 1.44. The Morgan fingerprint density at radius 1 is 1.20 bits per heavy atom. The fourth-order valence-electron chi connectivity index (χ4n) is 4.06. The van der Waals surface area contributed by atoms with Crippen molar-refractivity contribution in [2.45, 2.75) is 20.4 Å². The van der Waals surface area contributed by atoms with Gasteiger partial charge in [0, 0.05) is 30.5 Å². The van der Waals surface area contributed by atoms with Gasteiger partial charge in [-0.2, -0.15) is 0 Å². The second-order valence-corrected chi connectivity index (χ2v) is 8.71. The van der Waals surface area contributed by atoms with Crippen molar-refractivity contribution in [3.63, 3.8) is 0 Å². The average molecular weight is 469 g/mol. The summed E-state index contributed by atoms with van der Waals surface area (Å²) in [5, 5.41) is 3.67. The van der Waals surface area contributed by atoms with Crippen LogP contribution in [-0.4, -0.2) is 27.0 Å². The Morgan fingerprint density at radius 3 is 2.74 bits per heavy atom. The van der Waals surface area contributed by atoms with Crippen LogP contribution in [0.4, 0.5) is 10.2 Å². The van der Waals surface area contributed by atoms with Gasteiger partial charge in [-0.1, -0.05) is 31.2 Å². The van der Waals surface area contributed by atoms with Crippen molar-refractivity contribution in [2.75, 3.05) is 12.3 Å². The summed E-state index contributed by atoms with van der Waals surface area (Å²) in [6.45, 7) is 4.77. The van der Waals surface area contributed by atoms with Gasteiger partial charge in [-0.15, -0.1) is 0 Å². The first kappa shape index (κ1) is 22.5. The predicted octanol–water partition coefficient (Wildman–Crippen LogP) is 2.94. The van der Waals surface area contributed by atoms with Crippen LogP contribution >= 0.6 is 0 Å². The third-order valence-electron chi connectivity index (χ3n) is 6.01. The summed E-state index contributed by atoms with van der Waals surface area (Å²) in [5.74, 6) is 0.660. The summed E-state index contributed by atoms with van der Waals surface area (Å²) in [7, 11) is 0. The molecule has 2 aromatic carbocycles. The lowest BCUT2D eigenvalue weighted by Crippen LogP contribution is -2.34. The number of halogens is 1. The minimum atomic E-state index is -0.396. The maximum Gasteiger partial charge on any atom is 0.251 e. The first-order valence-corrected chi connectivity index (χ1v) is 11.4. The molecule has 7 nitrogen and oxygen atoms in total. The van der Waals surface area contributed by atoms with E-state index in [0.29, 0.717) is 41.8 Å². The molecule has 5 rings (SSSR count). The van der Waals surface area contributed by atoms with Gasteiger partial charge in [0.15, 0.2) is 11.3 Å². The first-order chi connectivity index (χ1) is 16.9. The molecule has 4 aromatic rings. The first-order valence-electron chi connectivity index (χ1n) is 11.4. The maximum atomic E-state index is 13.8. The SMILES string of the molecule is Cc1ccc(C(=O)NCc2ccc(-n3c(-c4cccnc4N)nc4c3=NCC(C)C=4)cc2)cc1F. The van der Waals surface area contributed by atoms with Crippen LogP contribution < -0.4 is 21.9 Å². The molecule has 0 saturated heterocycles. The van der Waals surface area contributed by atoms with E-state index in [4.69, 9.17) is 15.7 Å². The van der Waals surface area contributed by atoms with Crippen molar-refractivity contribution in [1.29, 1.82) is 0 Å². The maximum absolute atomic E-state index is 13.8. The van der Waals surface area contributed by atoms with Gasteiger partial charge < -0.3 is 11.1 Å². The van der Waals surface area contributed by atoms with Gasteiger partial charge in [0.05, 0.1) is 5.56 Å². The molecule has 2 aromatic heterocycles. The number of amides is 1. The predicted molar refractivity (Wildman–Crippen MR) is 133 cm³/mol. The van der Waals surface area contributed by atoms with E-state index < -0.39 is 5.82 Å². The summed E-state index contributed by atoms with van der Waals surface area (Å²) >= 11 is 0. The molecule has 1 aliphatic rings. The summed E-state index contributed by atoms with van der Waals surface area (Å²) in [5.41, 5.74) is 10.3. The average Bonchev–Trinajstić information content (AvgIpc) is 3.23. The highest BCUT2D eigenvalue weighted by Crippen LogP contribution is 2.23. The van der Waals surface area contributed by atoms with Gasteiger partial charge >= 0.3 is 0 Å². The van der Waals surface area contributed by atoms with Gasteiger partial charge in [0.25, 0.3) is 5.91 Å². The monoisotopic (exact) mass is 468 g/mol. The zero-order chi connectivity index (χ0) is 24.5. The highest BCUT2D eigenvalue weighted by Gasteiger charge is 2.18. The lowest BCUT2D eigenvalue weighted by molar-refractivity contribution is 0.0950. The number of rotatable bonds is 5. The van der Waals surface area contributed by atoms with E-state index in [0.717, 1.165) is 27.7 Å². The Kier molecular flexibility index (Phi) is 5.86. The summed E-state index contributed by atoms with van der Waals surface area (Å²) in [6.07, 6.45) is 3.77. The lowest BCUT2D eigenvalue weighted by Gasteiger charge is -2.12. The minimum Gasteiger partial charge on any atom is -0.383 e.